The van der Waals surface area contributed by atoms with Gasteiger partial charge in [-0.25, -0.2) is 4.79 Å². The largest absolute Gasteiger partial charge is 0.481 e. The smallest absolute Gasteiger partial charge is 0.409 e. The summed E-state index contributed by atoms with van der Waals surface area (Å²) < 4.78 is 4.64. The Kier molecular flexibility index (Phi) is 5.25. The molecule has 0 spiro atoms. The minimum Gasteiger partial charge on any atom is -0.481 e. The fraction of sp³-hybridized carbons (Fsp3) is 0.833. The summed E-state index contributed by atoms with van der Waals surface area (Å²) >= 11 is 0. The number of hydrogen-bond acceptors (Lipinski definition) is 3. The molecule has 0 aromatic rings. The van der Waals surface area contributed by atoms with Crippen LogP contribution in [0.5, 0.6) is 0 Å². The number of ether oxygens (including phenoxy) is 1. The van der Waals surface area contributed by atoms with E-state index in [0.29, 0.717) is 18.4 Å². The van der Waals surface area contributed by atoms with Crippen LogP contribution in [-0.4, -0.2) is 42.8 Å². The Morgan fingerprint density at radius 1 is 1.24 bits per heavy atom. The molecule has 0 unspecified atom stereocenters. The molecule has 98 valence electrons. The third-order valence-corrected chi connectivity index (χ3v) is 3.45. The Balaban J connectivity index is 2.27. The molecule has 5 nitrogen and oxygen atoms in total. The van der Waals surface area contributed by atoms with E-state index in [2.05, 4.69) is 4.74 Å². The van der Waals surface area contributed by atoms with E-state index in [-0.39, 0.29) is 12.5 Å². The van der Waals surface area contributed by atoms with Gasteiger partial charge in [0.25, 0.3) is 0 Å². The molecule has 0 atom stereocenters. The standard InChI is InChI=1S/C12H21NO4/c1-13(12(16)17-2)8-10-5-3-9(4-6-10)7-11(14)15/h9-10H,3-8H2,1-2H3,(H,14,15). The zero-order valence-electron chi connectivity index (χ0n) is 10.5. The van der Waals surface area contributed by atoms with E-state index >= 15 is 0 Å². The van der Waals surface area contributed by atoms with Crippen molar-refractivity contribution in [2.45, 2.75) is 32.1 Å². The van der Waals surface area contributed by atoms with Gasteiger partial charge in [-0.05, 0) is 37.5 Å². The van der Waals surface area contributed by atoms with Gasteiger partial charge in [-0.2, -0.15) is 0 Å². The maximum absolute atomic E-state index is 11.2. The van der Waals surface area contributed by atoms with Gasteiger partial charge in [0.15, 0.2) is 0 Å². The van der Waals surface area contributed by atoms with Gasteiger partial charge in [-0.1, -0.05) is 0 Å². The molecule has 0 aromatic carbocycles. The molecule has 0 radical (unpaired) electrons. The number of carboxylic acids is 1. The van der Waals surface area contributed by atoms with Crippen LogP contribution in [-0.2, 0) is 9.53 Å². The molecule has 1 fully saturated rings. The van der Waals surface area contributed by atoms with Gasteiger partial charge >= 0.3 is 12.1 Å². The van der Waals surface area contributed by atoms with Crippen molar-refractivity contribution < 1.29 is 19.4 Å². The Morgan fingerprint density at radius 2 is 1.76 bits per heavy atom. The quantitative estimate of drug-likeness (QED) is 0.819. The number of rotatable bonds is 4. The monoisotopic (exact) mass is 243 g/mol. The van der Waals surface area contributed by atoms with Crippen LogP contribution in [0, 0.1) is 11.8 Å². The van der Waals surface area contributed by atoms with Crippen molar-refractivity contribution in [3.63, 3.8) is 0 Å². The number of carbonyl (C=O) groups excluding carboxylic acids is 1. The van der Waals surface area contributed by atoms with E-state index in [1.54, 1.807) is 11.9 Å². The van der Waals surface area contributed by atoms with Crippen molar-refractivity contribution in [1.82, 2.24) is 4.90 Å². The van der Waals surface area contributed by atoms with Crippen molar-refractivity contribution in [3.05, 3.63) is 0 Å². The number of carbonyl (C=O) groups is 2. The minimum atomic E-state index is -0.708. The van der Waals surface area contributed by atoms with Gasteiger partial charge in [0, 0.05) is 20.0 Å². The van der Waals surface area contributed by atoms with Crippen LogP contribution < -0.4 is 0 Å². The van der Waals surface area contributed by atoms with Crippen LogP contribution in [0.25, 0.3) is 0 Å². The summed E-state index contributed by atoms with van der Waals surface area (Å²) in [6.07, 6.45) is 3.87. The van der Waals surface area contributed by atoms with E-state index in [9.17, 15) is 9.59 Å². The maximum Gasteiger partial charge on any atom is 0.409 e. The van der Waals surface area contributed by atoms with E-state index in [4.69, 9.17) is 5.11 Å². The second-order valence-corrected chi connectivity index (χ2v) is 4.84. The fourth-order valence-electron chi connectivity index (χ4n) is 2.48. The molecule has 5 heteroatoms. The van der Waals surface area contributed by atoms with Crippen LogP contribution in [0.4, 0.5) is 4.79 Å². The highest BCUT2D eigenvalue weighted by atomic mass is 16.5. The average molecular weight is 243 g/mol. The molecule has 17 heavy (non-hydrogen) atoms. The third kappa shape index (κ3) is 4.63. The Labute approximate surface area is 102 Å². The lowest BCUT2D eigenvalue weighted by molar-refractivity contribution is -0.138. The first-order valence-electron chi connectivity index (χ1n) is 6.03. The molecule has 1 amide bonds. The lowest BCUT2D eigenvalue weighted by atomic mass is 9.80. The van der Waals surface area contributed by atoms with E-state index in [1.807, 2.05) is 0 Å². The molecule has 1 saturated carbocycles. The van der Waals surface area contributed by atoms with E-state index in [1.165, 1.54) is 7.11 Å². The molecule has 1 rings (SSSR count). The van der Waals surface area contributed by atoms with E-state index < -0.39 is 5.97 Å². The topological polar surface area (TPSA) is 66.8 Å². The first-order valence-corrected chi connectivity index (χ1v) is 6.03. The molecule has 0 saturated heterocycles. The Bertz CT molecular complexity index is 272. The highest BCUT2D eigenvalue weighted by molar-refractivity contribution is 5.67. The molecular formula is C12H21NO4. The zero-order chi connectivity index (χ0) is 12.8. The number of hydrogen-bond donors (Lipinski definition) is 1. The lowest BCUT2D eigenvalue weighted by Gasteiger charge is -2.30. The molecule has 0 aromatic heterocycles. The van der Waals surface area contributed by atoms with Crippen LogP contribution in [0.15, 0.2) is 0 Å². The second kappa shape index (κ2) is 6.47. The van der Waals surface area contributed by atoms with Crippen molar-refractivity contribution in [3.8, 4) is 0 Å². The van der Waals surface area contributed by atoms with Crippen LogP contribution in [0.2, 0.25) is 0 Å². The summed E-state index contributed by atoms with van der Waals surface area (Å²) in [7, 11) is 3.11. The molecule has 0 aliphatic heterocycles. The number of carboxylic acid groups (broad SMARTS) is 1. The summed E-state index contributed by atoms with van der Waals surface area (Å²) in [6, 6.07) is 0. The van der Waals surface area contributed by atoms with Crippen molar-refractivity contribution >= 4 is 12.1 Å². The van der Waals surface area contributed by atoms with Gasteiger partial charge in [0.2, 0.25) is 0 Å². The summed E-state index contributed by atoms with van der Waals surface area (Å²) in [4.78, 5) is 23.4. The summed E-state index contributed by atoms with van der Waals surface area (Å²) in [5, 5.41) is 8.71. The first kappa shape index (κ1) is 13.8. The number of methoxy groups -OCH3 is 1. The van der Waals surface area contributed by atoms with Crippen LogP contribution in [0.3, 0.4) is 0 Å². The SMILES string of the molecule is COC(=O)N(C)CC1CCC(CC(=O)O)CC1. The fourth-order valence-corrected chi connectivity index (χ4v) is 2.48. The summed E-state index contributed by atoms with van der Waals surface area (Å²) in [6.45, 7) is 0.701. The molecular weight excluding hydrogens is 222 g/mol. The van der Waals surface area contributed by atoms with Crippen LogP contribution in [0.1, 0.15) is 32.1 Å². The van der Waals surface area contributed by atoms with Gasteiger partial charge in [-0.3, -0.25) is 4.79 Å². The van der Waals surface area contributed by atoms with E-state index in [0.717, 1.165) is 25.7 Å². The number of aliphatic carboxylic acids is 1. The third-order valence-electron chi connectivity index (χ3n) is 3.45. The average Bonchev–Trinajstić information content (AvgIpc) is 2.30. The van der Waals surface area contributed by atoms with Gasteiger partial charge < -0.3 is 14.7 Å². The highest BCUT2D eigenvalue weighted by Gasteiger charge is 2.24. The lowest BCUT2D eigenvalue weighted by Crippen LogP contribution is -2.33. The molecule has 0 heterocycles. The van der Waals surface area contributed by atoms with Crippen LogP contribution >= 0.6 is 0 Å². The normalized spacial score (nSPS) is 24.1. The van der Waals surface area contributed by atoms with Gasteiger partial charge in [0.1, 0.15) is 0 Å². The zero-order valence-corrected chi connectivity index (χ0v) is 10.5. The second-order valence-electron chi connectivity index (χ2n) is 4.84. The Morgan fingerprint density at radius 3 is 2.24 bits per heavy atom. The maximum atomic E-state index is 11.2. The molecule has 1 aliphatic carbocycles. The predicted octanol–water partition coefficient (Wildman–Crippen LogP) is 1.97. The highest BCUT2D eigenvalue weighted by Crippen LogP contribution is 2.31. The predicted molar refractivity (Wildman–Crippen MR) is 62.7 cm³/mol. The van der Waals surface area contributed by atoms with Crippen molar-refractivity contribution in [2.24, 2.45) is 11.8 Å². The van der Waals surface area contributed by atoms with Gasteiger partial charge in [0.05, 0.1) is 7.11 Å². The molecule has 0 bridgehead atoms. The number of amides is 1. The van der Waals surface area contributed by atoms with Crippen molar-refractivity contribution in [2.75, 3.05) is 20.7 Å². The minimum absolute atomic E-state index is 0.277. The van der Waals surface area contributed by atoms with Gasteiger partial charge in [-0.15, -0.1) is 0 Å². The molecule has 1 N–H and O–H groups in total. The number of nitrogens with zero attached hydrogens (tertiary/aromatic N) is 1. The Hall–Kier alpha value is -1.26. The first-order chi connectivity index (χ1) is 8.02. The summed E-state index contributed by atoms with van der Waals surface area (Å²) in [5.41, 5.74) is 0. The van der Waals surface area contributed by atoms with Crippen molar-refractivity contribution in [1.29, 1.82) is 0 Å². The molecule has 1 aliphatic rings. The summed E-state index contributed by atoms with van der Waals surface area (Å²) in [5.74, 6) is 0.0801.